The first kappa shape index (κ1) is 18.3. The minimum atomic E-state index is -4.57. The van der Waals surface area contributed by atoms with E-state index in [4.69, 9.17) is 16.3 Å². The lowest BCUT2D eigenvalue weighted by atomic mass is 10.1. The molecule has 2 fully saturated rings. The summed E-state index contributed by atoms with van der Waals surface area (Å²) in [6.45, 7) is 2.91. The number of amides is 2. The van der Waals surface area contributed by atoms with Gasteiger partial charge in [0, 0.05) is 31.2 Å². The van der Waals surface area contributed by atoms with Crippen molar-refractivity contribution in [2.75, 3.05) is 45.2 Å². The van der Waals surface area contributed by atoms with Gasteiger partial charge in [0.25, 0.3) is 0 Å². The zero-order valence-corrected chi connectivity index (χ0v) is 14.4. The number of urea groups is 1. The van der Waals surface area contributed by atoms with E-state index in [1.54, 1.807) is 4.90 Å². The van der Waals surface area contributed by atoms with E-state index in [1.807, 2.05) is 7.05 Å². The van der Waals surface area contributed by atoms with Gasteiger partial charge in [-0.2, -0.15) is 13.2 Å². The third kappa shape index (κ3) is 4.19. The van der Waals surface area contributed by atoms with Crippen molar-refractivity contribution in [1.29, 1.82) is 0 Å². The molecule has 2 saturated heterocycles. The summed E-state index contributed by atoms with van der Waals surface area (Å²) < 4.78 is 44.4. The second kappa shape index (κ2) is 7.01. The Balaban J connectivity index is 1.74. The van der Waals surface area contributed by atoms with Gasteiger partial charge in [-0.25, -0.2) is 4.79 Å². The van der Waals surface area contributed by atoms with Crippen LogP contribution in [0.5, 0.6) is 0 Å². The van der Waals surface area contributed by atoms with Crippen molar-refractivity contribution in [3.05, 3.63) is 28.8 Å². The number of nitrogens with one attached hydrogen (secondary N) is 1. The standard InChI is InChI=1S/C16H19ClF3N3O2/c1-22-5-10-6-23(7-12(22)9-25-8-10)15(24)21-11-2-3-14(17)13(4-11)16(18,19)20/h2-4,10,12H,5-9H2,1H3,(H,21,24)/t10-,12+/m1/s1. The van der Waals surface area contributed by atoms with Crippen molar-refractivity contribution in [2.24, 2.45) is 5.92 Å². The molecule has 0 aliphatic carbocycles. The minimum Gasteiger partial charge on any atom is -0.379 e. The highest BCUT2D eigenvalue weighted by Crippen LogP contribution is 2.36. The highest BCUT2D eigenvalue weighted by atomic mass is 35.5. The molecule has 9 heteroatoms. The van der Waals surface area contributed by atoms with Crippen LogP contribution in [0.2, 0.25) is 5.02 Å². The highest BCUT2D eigenvalue weighted by molar-refractivity contribution is 6.31. The Kier molecular flexibility index (Phi) is 5.13. The molecule has 25 heavy (non-hydrogen) atoms. The van der Waals surface area contributed by atoms with E-state index < -0.39 is 22.8 Å². The van der Waals surface area contributed by atoms with Crippen molar-refractivity contribution in [2.45, 2.75) is 12.2 Å². The zero-order chi connectivity index (χ0) is 18.2. The van der Waals surface area contributed by atoms with E-state index in [9.17, 15) is 18.0 Å². The van der Waals surface area contributed by atoms with Crippen LogP contribution in [0.15, 0.2) is 18.2 Å². The van der Waals surface area contributed by atoms with Gasteiger partial charge in [0.1, 0.15) is 0 Å². The molecule has 2 amide bonds. The van der Waals surface area contributed by atoms with E-state index in [0.29, 0.717) is 26.3 Å². The molecule has 2 aliphatic heterocycles. The minimum absolute atomic E-state index is 0.0701. The number of carbonyl (C=O) groups excluding carboxylic acids is 1. The average molecular weight is 378 g/mol. The van der Waals surface area contributed by atoms with E-state index in [-0.39, 0.29) is 17.6 Å². The van der Waals surface area contributed by atoms with Crippen LogP contribution in [0.1, 0.15) is 5.56 Å². The van der Waals surface area contributed by atoms with Crippen LogP contribution < -0.4 is 5.32 Å². The van der Waals surface area contributed by atoms with Gasteiger partial charge in [-0.05, 0) is 25.2 Å². The number of fused-ring (bicyclic) bond motifs is 3. The quantitative estimate of drug-likeness (QED) is 0.817. The topological polar surface area (TPSA) is 44.8 Å². The Morgan fingerprint density at radius 1 is 1.28 bits per heavy atom. The maximum absolute atomic E-state index is 12.9. The molecule has 138 valence electrons. The van der Waals surface area contributed by atoms with Crippen LogP contribution in [-0.4, -0.2) is 61.8 Å². The van der Waals surface area contributed by atoms with Gasteiger partial charge in [-0.15, -0.1) is 0 Å². The molecular weight excluding hydrogens is 359 g/mol. The van der Waals surface area contributed by atoms with Crippen LogP contribution in [0.25, 0.3) is 0 Å². The van der Waals surface area contributed by atoms with Crippen LogP contribution in [0.4, 0.5) is 23.7 Å². The number of hydrogen-bond donors (Lipinski definition) is 1. The normalized spacial score (nSPS) is 24.8. The number of ether oxygens (including phenoxy) is 1. The molecular formula is C16H19ClF3N3O2. The summed E-state index contributed by atoms with van der Waals surface area (Å²) in [4.78, 5) is 16.3. The molecule has 1 N–H and O–H groups in total. The lowest BCUT2D eigenvalue weighted by Crippen LogP contribution is -2.46. The van der Waals surface area contributed by atoms with Crippen LogP contribution >= 0.6 is 11.6 Å². The number of carbonyl (C=O) groups is 1. The Morgan fingerprint density at radius 3 is 2.76 bits per heavy atom. The third-order valence-corrected chi connectivity index (χ3v) is 4.88. The van der Waals surface area contributed by atoms with Crippen LogP contribution in [0, 0.1) is 5.92 Å². The van der Waals surface area contributed by atoms with Crippen molar-refractivity contribution >= 4 is 23.3 Å². The summed E-state index contributed by atoms with van der Waals surface area (Å²) in [6, 6.07) is 3.02. The van der Waals surface area contributed by atoms with Crippen molar-refractivity contribution < 1.29 is 22.7 Å². The molecule has 0 aromatic heterocycles. The number of benzene rings is 1. The van der Waals surface area contributed by atoms with E-state index in [1.165, 1.54) is 6.07 Å². The summed E-state index contributed by atoms with van der Waals surface area (Å²) in [5.41, 5.74) is -0.895. The number of anilines is 1. The maximum atomic E-state index is 12.9. The number of alkyl halides is 3. The third-order valence-electron chi connectivity index (χ3n) is 4.55. The Morgan fingerprint density at radius 2 is 2.04 bits per heavy atom. The van der Waals surface area contributed by atoms with Gasteiger partial charge in [0.15, 0.2) is 0 Å². The predicted molar refractivity (Wildman–Crippen MR) is 87.8 cm³/mol. The number of nitrogens with zero attached hydrogens (tertiary/aromatic N) is 2. The van der Waals surface area contributed by atoms with Gasteiger partial charge in [-0.1, -0.05) is 11.6 Å². The first-order valence-corrected chi connectivity index (χ1v) is 8.32. The molecule has 3 rings (SSSR count). The molecule has 1 aromatic rings. The fourth-order valence-electron chi connectivity index (χ4n) is 3.24. The van der Waals surface area contributed by atoms with Gasteiger partial charge >= 0.3 is 12.2 Å². The predicted octanol–water partition coefficient (Wildman–Crippen LogP) is 3.15. The number of halogens is 4. The van der Waals surface area contributed by atoms with E-state index in [0.717, 1.165) is 18.7 Å². The van der Waals surface area contributed by atoms with Crippen molar-refractivity contribution in [3.8, 4) is 0 Å². The molecule has 2 atom stereocenters. The van der Waals surface area contributed by atoms with E-state index >= 15 is 0 Å². The lowest BCUT2D eigenvalue weighted by molar-refractivity contribution is -0.137. The molecule has 5 nitrogen and oxygen atoms in total. The molecule has 0 unspecified atom stereocenters. The fraction of sp³-hybridized carbons (Fsp3) is 0.562. The molecule has 0 radical (unpaired) electrons. The van der Waals surface area contributed by atoms with Gasteiger partial charge in [0.05, 0.1) is 29.8 Å². The van der Waals surface area contributed by atoms with E-state index in [2.05, 4.69) is 10.2 Å². The number of rotatable bonds is 1. The van der Waals surface area contributed by atoms with Gasteiger partial charge < -0.3 is 15.0 Å². The molecule has 2 bridgehead atoms. The van der Waals surface area contributed by atoms with Crippen LogP contribution in [0.3, 0.4) is 0 Å². The van der Waals surface area contributed by atoms with Crippen LogP contribution in [-0.2, 0) is 10.9 Å². The summed E-state index contributed by atoms with van der Waals surface area (Å²) in [7, 11) is 1.99. The maximum Gasteiger partial charge on any atom is 0.417 e. The highest BCUT2D eigenvalue weighted by Gasteiger charge is 2.35. The van der Waals surface area contributed by atoms with Gasteiger partial charge in [0.2, 0.25) is 0 Å². The van der Waals surface area contributed by atoms with Crippen molar-refractivity contribution in [1.82, 2.24) is 9.80 Å². The summed E-state index contributed by atoms with van der Waals surface area (Å²) in [5.74, 6) is 0.180. The monoisotopic (exact) mass is 377 g/mol. The number of hydrogen-bond acceptors (Lipinski definition) is 3. The number of likely N-dealkylation sites (N-methyl/N-ethyl adjacent to an activating group) is 1. The Labute approximate surface area is 148 Å². The molecule has 2 heterocycles. The Bertz CT molecular complexity index is 656. The smallest absolute Gasteiger partial charge is 0.379 e. The molecule has 0 spiro atoms. The molecule has 1 aromatic carbocycles. The molecule has 0 saturated carbocycles. The van der Waals surface area contributed by atoms with Gasteiger partial charge in [-0.3, -0.25) is 4.90 Å². The first-order chi connectivity index (χ1) is 11.7. The largest absolute Gasteiger partial charge is 0.417 e. The molecule has 2 aliphatic rings. The first-order valence-electron chi connectivity index (χ1n) is 7.94. The Hall–Kier alpha value is -1.51. The zero-order valence-electron chi connectivity index (χ0n) is 13.6. The lowest BCUT2D eigenvalue weighted by Gasteiger charge is -2.29. The summed E-state index contributed by atoms with van der Waals surface area (Å²) >= 11 is 5.61. The SMILES string of the molecule is CN1C[C@H]2COC[C@@H]1CN(C(=O)Nc1ccc(Cl)c(C(F)(F)F)c1)C2. The second-order valence-corrected chi connectivity index (χ2v) is 6.93. The fourth-order valence-corrected chi connectivity index (χ4v) is 3.46. The average Bonchev–Trinajstić information content (AvgIpc) is 2.76. The summed E-state index contributed by atoms with van der Waals surface area (Å²) in [6.07, 6.45) is -4.57. The second-order valence-electron chi connectivity index (χ2n) is 6.52. The van der Waals surface area contributed by atoms with Crippen molar-refractivity contribution in [3.63, 3.8) is 0 Å². The summed E-state index contributed by atoms with van der Waals surface area (Å²) in [5, 5.41) is 2.16.